The highest BCUT2D eigenvalue weighted by Gasteiger charge is 2.11. The number of allylic oxidation sites excluding steroid dienone is 1. The Morgan fingerprint density at radius 2 is 2.17 bits per heavy atom. The highest BCUT2D eigenvalue weighted by atomic mass is 16.5. The molecule has 0 aromatic rings. The molecule has 0 spiro atoms. The van der Waals surface area contributed by atoms with Crippen LogP contribution in [0.25, 0.3) is 0 Å². The van der Waals surface area contributed by atoms with Gasteiger partial charge in [0.05, 0.1) is 12.7 Å². The van der Waals surface area contributed by atoms with Crippen molar-refractivity contribution in [1.82, 2.24) is 0 Å². The maximum atomic E-state index is 10.7. The van der Waals surface area contributed by atoms with Crippen LogP contribution in [0.15, 0.2) is 24.5 Å². The number of hydrogen-bond donors (Lipinski definition) is 1. The lowest BCUT2D eigenvalue weighted by molar-refractivity contribution is -0.140. The van der Waals surface area contributed by atoms with Crippen molar-refractivity contribution in [2.45, 2.75) is 13.3 Å². The summed E-state index contributed by atoms with van der Waals surface area (Å²) in [5.41, 5.74) is 0.0156. The van der Waals surface area contributed by atoms with Crippen molar-refractivity contribution >= 4 is 11.9 Å². The molecule has 0 aliphatic rings. The van der Waals surface area contributed by atoms with E-state index in [0.29, 0.717) is 0 Å². The molecule has 0 fully saturated rings. The van der Waals surface area contributed by atoms with Crippen LogP contribution in [0.3, 0.4) is 0 Å². The quantitative estimate of drug-likeness (QED) is 0.389. The van der Waals surface area contributed by atoms with Crippen LogP contribution in [-0.4, -0.2) is 17.0 Å². The number of carboxylic acids is 1. The zero-order valence-corrected chi connectivity index (χ0v) is 6.74. The molecule has 0 aromatic heterocycles. The third kappa shape index (κ3) is 3.55. The summed E-state index contributed by atoms with van der Waals surface area (Å²) in [6.45, 7) is 4.71. The molecule has 0 heterocycles. The minimum atomic E-state index is -1.11. The minimum Gasteiger partial charge on any atom is -0.478 e. The molecule has 0 aliphatic carbocycles. The lowest BCUT2D eigenvalue weighted by Gasteiger charge is -1.98. The molecule has 0 atom stereocenters. The molecule has 0 aromatic carbocycles. The van der Waals surface area contributed by atoms with Crippen LogP contribution in [-0.2, 0) is 14.3 Å². The average Bonchev–Trinajstić information content (AvgIpc) is 2.00. The minimum absolute atomic E-state index is 0.0156. The third-order valence-electron chi connectivity index (χ3n) is 1.17. The smallest absolute Gasteiger partial charge is 0.331 e. The van der Waals surface area contributed by atoms with E-state index in [0.717, 1.165) is 6.26 Å². The van der Waals surface area contributed by atoms with Crippen molar-refractivity contribution < 1.29 is 19.4 Å². The van der Waals surface area contributed by atoms with Gasteiger partial charge in [-0.2, -0.15) is 0 Å². The predicted octanol–water partition coefficient (Wildman–Crippen LogP) is 1.09. The van der Waals surface area contributed by atoms with E-state index < -0.39 is 11.9 Å². The van der Waals surface area contributed by atoms with E-state index in [1.807, 2.05) is 0 Å². The Kier molecular flexibility index (Phi) is 4.45. The molecule has 12 heavy (non-hydrogen) atoms. The fourth-order valence-corrected chi connectivity index (χ4v) is 0.591. The maximum Gasteiger partial charge on any atom is 0.331 e. The summed E-state index contributed by atoms with van der Waals surface area (Å²) in [5.74, 6) is -1.74. The number of rotatable bonds is 4. The second kappa shape index (κ2) is 5.12. The van der Waals surface area contributed by atoms with Crippen molar-refractivity contribution in [3.05, 3.63) is 24.5 Å². The average molecular weight is 170 g/mol. The maximum absolute atomic E-state index is 10.7. The topological polar surface area (TPSA) is 63.6 Å². The molecule has 4 nitrogen and oxygen atoms in total. The van der Waals surface area contributed by atoms with Gasteiger partial charge in [-0.25, -0.2) is 4.79 Å². The molecule has 0 rings (SSSR count). The van der Waals surface area contributed by atoms with Crippen LogP contribution in [0.4, 0.5) is 0 Å². The number of aliphatic carboxylic acids is 1. The van der Waals surface area contributed by atoms with E-state index in [1.165, 1.54) is 6.08 Å². The number of carbonyl (C=O) groups excluding carboxylic acids is 1. The number of ether oxygens (including phenoxy) is 1. The molecular formula is C8H10O4. The number of hydrogen-bond acceptors (Lipinski definition) is 3. The van der Waals surface area contributed by atoms with E-state index in [9.17, 15) is 9.59 Å². The van der Waals surface area contributed by atoms with Gasteiger partial charge in [0.1, 0.15) is 0 Å². The molecule has 0 amide bonds. The summed E-state index contributed by atoms with van der Waals surface area (Å²) in [4.78, 5) is 21.1. The molecule has 4 heteroatoms. The van der Waals surface area contributed by atoms with Gasteiger partial charge in [0, 0.05) is 5.57 Å². The normalized spacial score (nSPS) is 10.6. The monoisotopic (exact) mass is 170 g/mol. The first-order chi connectivity index (χ1) is 5.61. The lowest BCUT2D eigenvalue weighted by atomic mass is 10.2. The summed E-state index contributed by atoms with van der Waals surface area (Å²) in [5, 5.41) is 8.49. The predicted molar refractivity (Wildman–Crippen MR) is 42.3 cm³/mol. The van der Waals surface area contributed by atoms with Crippen LogP contribution in [0.1, 0.15) is 13.3 Å². The van der Waals surface area contributed by atoms with Crippen LogP contribution in [0, 0.1) is 0 Å². The van der Waals surface area contributed by atoms with Gasteiger partial charge in [-0.15, -0.1) is 0 Å². The molecule has 0 aliphatic heterocycles. The molecular weight excluding hydrogens is 160 g/mol. The van der Waals surface area contributed by atoms with E-state index in [4.69, 9.17) is 5.11 Å². The van der Waals surface area contributed by atoms with Gasteiger partial charge in [0.2, 0.25) is 0 Å². The van der Waals surface area contributed by atoms with Crippen molar-refractivity contribution in [3.63, 3.8) is 0 Å². The summed E-state index contributed by atoms with van der Waals surface area (Å²) in [7, 11) is 0. The third-order valence-corrected chi connectivity index (χ3v) is 1.17. The van der Waals surface area contributed by atoms with Crippen molar-refractivity contribution in [2.24, 2.45) is 0 Å². The van der Waals surface area contributed by atoms with Crippen molar-refractivity contribution in [2.75, 3.05) is 0 Å². The van der Waals surface area contributed by atoms with Gasteiger partial charge in [0.25, 0.3) is 0 Å². The van der Waals surface area contributed by atoms with Gasteiger partial charge in [-0.1, -0.05) is 12.7 Å². The molecule has 0 unspecified atom stereocenters. The first-order valence-electron chi connectivity index (χ1n) is 3.30. The van der Waals surface area contributed by atoms with Crippen LogP contribution in [0.2, 0.25) is 0 Å². The van der Waals surface area contributed by atoms with Gasteiger partial charge in [0.15, 0.2) is 0 Å². The molecule has 0 saturated heterocycles. The SMILES string of the molecule is C=COC(=O)CC(=CC)C(=O)O. The summed E-state index contributed by atoms with van der Waals surface area (Å²) < 4.78 is 4.35. The van der Waals surface area contributed by atoms with Gasteiger partial charge < -0.3 is 9.84 Å². The molecule has 1 N–H and O–H groups in total. The van der Waals surface area contributed by atoms with Crippen LogP contribution < -0.4 is 0 Å². The standard InChI is InChI=1S/C8H10O4/c1-3-6(8(10)11)5-7(9)12-4-2/h3-4H,2,5H2,1H3,(H,10,11). The van der Waals surface area contributed by atoms with Gasteiger partial charge in [-0.05, 0) is 6.92 Å². The number of carboxylic acid groups (broad SMARTS) is 1. The zero-order valence-electron chi connectivity index (χ0n) is 6.74. The van der Waals surface area contributed by atoms with Crippen molar-refractivity contribution in [1.29, 1.82) is 0 Å². The Hall–Kier alpha value is -1.58. The van der Waals surface area contributed by atoms with Gasteiger partial charge in [-0.3, -0.25) is 4.79 Å². The first kappa shape index (κ1) is 10.4. The number of carbonyl (C=O) groups is 2. The highest BCUT2D eigenvalue weighted by Crippen LogP contribution is 2.02. The van der Waals surface area contributed by atoms with Crippen LogP contribution >= 0.6 is 0 Å². The van der Waals surface area contributed by atoms with Gasteiger partial charge >= 0.3 is 11.9 Å². The molecule has 0 saturated carbocycles. The summed E-state index contributed by atoms with van der Waals surface area (Å²) in [6, 6.07) is 0. The fraction of sp³-hybridized carbons (Fsp3) is 0.250. The van der Waals surface area contributed by atoms with Crippen LogP contribution in [0.5, 0.6) is 0 Å². The zero-order chi connectivity index (χ0) is 9.56. The second-order valence-electron chi connectivity index (χ2n) is 1.95. The second-order valence-corrected chi connectivity index (χ2v) is 1.95. The Morgan fingerprint density at radius 3 is 2.50 bits per heavy atom. The Labute approximate surface area is 70.1 Å². The first-order valence-corrected chi connectivity index (χ1v) is 3.30. The van der Waals surface area contributed by atoms with E-state index >= 15 is 0 Å². The van der Waals surface area contributed by atoms with E-state index in [-0.39, 0.29) is 12.0 Å². The molecule has 66 valence electrons. The Bertz CT molecular complexity index is 227. The number of esters is 1. The fourth-order valence-electron chi connectivity index (χ4n) is 0.591. The Morgan fingerprint density at radius 1 is 1.58 bits per heavy atom. The largest absolute Gasteiger partial charge is 0.478 e. The Balaban J connectivity index is 4.13. The van der Waals surface area contributed by atoms with E-state index in [1.54, 1.807) is 6.92 Å². The van der Waals surface area contributed by atoms with E-state index in [2.05, 4.69) is 11.3 Å². The molecule has 0 bridgehead atoms. The lowest BCUT2D eigenvalue weighted by Crippen LogP contribution is -2.07. The highest BCUT2D eigenvalue weighted by molar-refractivity contribution is 5.92. The van der Waals surface area contributed by atoms with Crippen molar-refractivity contribution in [3.8, 4) is 0 Å². The summed E-state index contributed by atoms with van der Waals surface area (Å²) >= 11 is 0. The summed E-state index contributed by atoms with van der Waals surface area (Å²) in [6.07, 6.45) is 2.09. The molecule has 0 radical (unpaired) electrons.